The van der Waals surface area contributed by atoms with Crippen LogP contribution in [0, 0.1) is 17.8 Å². The molecule has 0 aromatic carbocycles. The molecule has 0 unspecified atom stereocenters. The average molecular weight is 619 g/mol. The Balaban J connectivity index is 2.06. The van der Waals surface area contributed by atoms with E-state index in [1.165, 1.54) is 38.5 Å². The van der Waals surface area contributed by atoms with E-state index in [0.29, 0.717) is 19.3 Å². The van der Waals surface area contributed by atoms with Gasteiger partial charge in [-0.15, -0.1) is 0 Å². The van der Waals surface area contributed by atoms with E-state index in [-0.39, 0.29) is 43.2 Å². The number of hydrogen-bond donors (Lipinski definition) is 2. The summed E-state index contributed by atoms with van der Waals surface area (Å²) in [6.07, 6.45) is 26.8. The van der Waals surface area contributed by atoms with Gasteiger partial charge in [0.2, 0.25) is 0 Å². The lowest BCUT2D eigenvalue weighted by atomic mass is 9.90. The molecule has 7 heteroatoms. The zero-order valence-corrected chi connectivity index (χ0v) is 27.9. The molecule has 0 spiro atoms. The molecule has 44 heavy (non-hydrogen) atoms. The fraction of sp³-hybridized carbons (Fsp3) is 0.757. The molecule has 0 aliphatic heterocycles. The molecule has 0 saturated heterocycles. The van der Waals surface area contributed by atoms with Crippen molar-refractivity contribution in [2.24, 2.45) is 17.8 Å². The molecule has 0 amide bonds. The van der Waals surface area contributed by atoms with Gasteiger partial charge >= 0.3 is 11.9 Å². The molecule has 252 valence electrons. The van der Waals surface area contributed by atoms with Crippen molar-refractivity contribution in [2.75, 3.05) is 13.2 Å². The first kappa shape index (κ1) is 39.8. The molecule has 4 atom stereocenters. The molecule has 2 N–H and O–H groups in total. The fourth-order valence-corrected chi connectivity index (χ4v) is 5.26. The Bertz CT molecular complexity index is 860. The van der Waals surface area contributed by atoms with Crippen molar-refractivity contribution in [3.63, 3.8) is 0 Å². The zero-order valence-electron chi connectivity index (χ0n) is 27.9. The van der Waals surface area contributed by atoms with E-state index in [1.54, 1.807) is 12.2 Å². The van der Waals surface area contributed by atoms with Crippen LogP contribution in [0.2, 0.25) is 0 Å². The van der Waals surface area contributed by atoms with Gasteiger partial charge in [0.25, 0.3) is 0 Å². The first-order valence-corrected chi connectivity index (χ1v) is 17.5. The van der Waals surface area contributed by atoms with Crippen LogP contribution in [0.3, 0.4) is 0 Å². The van der Waals surface area contributed by atoms with E-state index in [1.807, 2.05) is 24.3 Å². The highest BCUT2D eigenvalue weighted by Crippen LogP contribution is 2.27. The summed E-state index contributed by atoms with van der Waals surface area (Å²) >= 11 is 0. The summed E-state index contributed by atoms with van der Waals surface area (Å²) in [5.41, 5.74) is 0. The van der Waals surface area contributed by atoms with E-state index in [4.69, 9.17) is 9.47 Å². The van der Waals surface area contributed by atoms with Crippen LogP contribution in [-0.4, -0.2) is 53.4 Å². The van der Waals surface area contributed by atoms with Crippen LogP contribution in [0.1, 0.15) is 136 Å². The van der Waals surface area contributed by atoms with E-state index < -0.39 is 18.2 Å². The van der Waals surface area contributed by atoms with Crippen molar-refractivity contribution in [1.29, 1.82) is 0 Å². The Morgan fingerprint density at radius 3 is 2.05 bits per heavy atom. The highest BCUT2D eigenvalue weighted by atomic mass is 16.6. The highest BCUT2D eigenvalue weighted by Gasteiger charge is 2.26. The number of aliphatic hydroxyl groups excluding tert-OH is 2. The van der Waals surface area contributed by atoms with Gasteiger partial charge in [-0.3, -0.25) is 14.4 Å². The van der Waals surface area contributed by atoms with Crippen LogP contribution in [0.4, 0.5) is 0 Å². The molecule has 1 aliphatic rings. The molecular formula is C37H62O7. The lowest BCUT2D eigenvalue weighted by Gasteiger charge is -2.13. The smallest absolute Gasteiger partial charge is 0.305 e. The van der Waals surface area contributed by atoms with Crippen molar-refractivity contribution in [1.82, 2.24) is 0 Å². The van der Waals surface area contributed by atoms with E-state index in [9.17, 15) is 24.6 Å². The fourth-order valence-electron chi connectivity index (χ4n) is 5.26. The van der Waals surface area contributed by atoms with Crippen molar-refractivity contribution in [3.8, 4) is 0 Å². The Labute approximate surface area is 267 Å². The Hall–Kier alpha value is -2.25. The summed E-state index contributed by atoms with van der Waals surface area (Å²) in [6.45, 7) is 6.31. The molecule has 1 aliphatic carbocycles. The van der Waals surface area contributed by atoms with Gasteiger partial charge in [0.05, 0.1) is 6.10 Å². The molecule has 0 radical (unpaired) electrons. The number of ketones is 1. The largest absolute Gasteiger partial charge is 0.463 e. The number of allylic oxidation sites excluding steroid dienone is 5. The maximum Gasteiger partial charge on any atom is 0.305 e. The van der Waals surface area contributed by atoms with Gasteiger partial charge in [-0.1, -0.05) is 122 Å². The third kappa shape index (κ3) is 21.5. The van der Waals surface area contributed by atoms with Gasteiger partial charge in [-0.2, -0.15) is 0 Å². The molecule has 1 rings (SSSR count). The topological polar surface area (TPSA) is 110 Å². The Morgan fingerprint density at radius 2 is 1.41 bits per heavy atom. The number of aliphatic hydroxyl groups is 2. The lowest BCUT2D eigenvalue weighted by Crippen LogP contribution is -2.25. The summed E-state index contributed by atoms with van der Waals surface area (Å²) < 4.78 is 10.2. The number of hydrogen-bond acceptors (Lipinski definition) is 7. The van der Waals surface area contributed by atoms with Crippen molar-refractivity contribution >= 4 is 17.7 Å². The maximum atomic E-state index is 12.2. The van der Waals surface area contributed by atoms with Crippen LogP contribution in [0.25, 0.3) is 0 Å². The number of carbonyl (C=O) groups excluding carboxylic acids is 3. The van der Waals surface area contributed by atoms with Gasteiger partial charge in [-0.05, 0) is 50.0 Å². The first-order chi connectivity index (χ1) is 21.2. The van der Waals surface area contributed by atoms with Crippen LogP contribution < -0.4 is 0 Å². The Morgan fingerprint density at radius 1 is 0.818 bits per heavy atom. The van der Waals surface area contributed by atoms with Crippen LogP contribution in [0.5, 0.6) is 0 Å². The molecule has 0 aromatic heterocycles. The minimum Gasteiger partial charge on any atom is -0.463 e. The minimum atomic E-state index is -1.03. The normalized spacial score (nSPS) is 18.1. The molecule has 0 saturated carbocycles. The average Bonchev–Trinajstić information content (AvgIpc) is 3.35. The summed E-state index contributed by atoms with van der Waals surface area (Å²) in [5, 5.41) is 20.1. The second kappa shape index (κ2) is 26.0. The van der Waals surface area contributed by atoms with Gasteiger partial charge in [0.15, 0.2) is 5.78 Å². The molecule has 0 aromatic rings. The predicted octanol–water partition coefficient (Wildman–Crippen LogP) is 7.98. The third-order valence-corrected chi connectivity index (χ3v) is 8.05. The summed E-state index contributed by atoms with van der Waals surface area (Å²) in [5.74, 6) is -0.00109. The molecule has 7 nitrogen and oxygen atoms in total. The quantitative estimate of drug-likeness (QED) is 0.0546. The van der Waals surface area contributed by atoms with E-state index in [0.717, 1.165) is 57.3 Å². The number of rotatable bonds is 27. The van der Waals surface area contributed by atoms with Gasteiger partial charge in [-0.25, -0.2) is 0 Å². The van der Waals surface area contributed by atoms with Crippen molar-refractivity contribution in [2.45, 2.75) is 149 Å². The van der Waals surface area contributed by atoms with Crippen LogP contribution in [-0.2, 0) is 23.9 Å². The standard InChI is InChI=1S/C37H62O7/c1-4-5-14-21-32(38)25-26-34-31(24-27-35(34)40)20-16-12-13-18-23-37(42)44-29-33(39)28-43-36(41)22-17-11-9-7-6-8-10-15-19-30(2)3/h12,16,24-27,30-34,38-39H,4-11,13-15,17-23,28-29H2,1-3H3/b16-12-,26-25+/t31-,32-,33+,34+/m0/s1. The predicted molar refractivity (Wildman–Crippen MR) is 177 cm³/mol. The van der Waals surface area contributed by atoms with Crippen molar-refractivity contribution < 1.29 is 34.1 Å². The Kier molecular flexibility index (Phi) is 23.5. The zero-order chi connectivity index (χ0) is 32.4. The number of esters is 2. The monoisotopic (exact) mass is 618 g/mol. The second-order valence-corrected chi connectivity index (χ2v) is 12.8. The summed E-state index contributed by atoms with van der Waals surface area (Å²) in [6, 6.07) is 0. The minimum absolute atomic E-state index is 0.0731. The van der Waals surface area contributed by atoms with Crippen molar-refractivity contribution in [3.05, 3.63) is 36.5 Å². The molecule has 0 bridgehead atoms. The molecule has 0 fully saturated rings. The molecular weight excluding hydrogens is 556 g/mol. The van der Waals surface area contributed by atoms with Gasteiger partial charge in [0.1, 0.15) is 19.3 Å². The summed E-state index contributed by atoms with van der Waals surface area (Å²) in [7, 11) is 0. The SMILES string of the molecule is CCCCC[C@H](O)/C=C/[C@H]1C(=O)C=C[C@@H]1C/C=C\CCCC(=O)OC[C@H](O)COC(=O)CCCCCCCCCCC(C)C. The summed E-state index contributed by atoms with van der Waals surface area (Å²) in [4.78, 5) is 36.2. The van der Waals surface area contributed by atoms with E-state index >= 15 is 0 Å². The second-order valence-electron chi connectivity index (χ2n) is 12.8. The van der Waals surface area contributed by atoms with Crippen LogP contribution >= 0.6 is 0 Å². The van der Waals surface area contributed by atoms with E-state index in [2.05, 4.69) is 20.8 Å². The first-order valence-electron chi connectivity index (χ1n) is 17.5. The number of carbonyl (C=O) groups is 3. The number of unbranched alkanes of at least 4 members (excludes halogenated alkanes) is 10. The third-order valence-electron chi connectivity index (χ3n) is 8.05. The van der Waals surface area contributed by atoms with Gasteiger partial charge < -0.3 is 19.7 Å². The maximum absolute atomic E-state index is 12.2. The van der Waals surface area contributed by atoms with Gasteiger partial charge in [0, 0.05) is 18.8 Å². The number of ether oxygens (including phenoxy) is 2. The van der Waals surface area contributed by atoms with Crippen LogP contribution in [0.15, 0.2) is 36.5 Å². The lowest BCUT2D eigenvalue weighted by molar-refractivity contribution is -0.152. The molecule has 0 heterocycles. The highest BCUT2D eigenvalue weighted by molar-refractivity contribution is 5.95.